The van der Waals surface area contributed by atoms with Crippen molar-refractivity contribution >= 4 is 23.6 Å². The van der Waals surface area contributed by atoms with Crippen LogP contribution in [0, 0.1) is 23.7 Å². The van der Waals surface area contributed by atoms with Crippen molar-refractivity contribution in [3.05, 3.63) is 108 Å². The molecule has 2 aliphatic rings. The number of aliphatic imine (C=N–C) groups is 1. The van der Waals surface area contributed by atoms with Crippen LogP contribution in [0.2, 0.25) is 0 Å². The molecule has 1 aliphatic heterocycles. The zero-order valence-electron chi connectivity index (χ0n) is 26.3. The summed E-state index contributed by atoms with van der Waals surface area (Å²) in [6, 6.07) is 19.5. The van der Waals surface area contributed by atoms with Gasteiger partial charge < -0.3 is 10.5 Å². The van der Waals surface area contributed by atoms with Gasteiger partial charge in [0.25, 0.3) is 0 Å². The van der Waals surface area contributed by atoms with E-state index in [1.807, 2.05) is 66.7 Å². The third kappa shape index (κ3) is 8.67. The van der Waals surface area contributed by atoms with E-state index in [9.17, 15) is 14.4 Å². The van der Waals surface area contributed by atoms with Crippen molar-refractivity contribution < 1.29 is 19.1 Å². The fraction of sp³-hybridized carbons (Fsp3) is 0.421. The molecule has 0 amide bonds. The van der Waals surface area contributed by atoms with Gasteiger partial charge in [0.15, 0.2) is 11.6 Å². The number of hydrogen-bond donors (Lipinski definition) is 1. The topological polar surface area (TPSA) is 98.8 Å². The van der Waals surface area contributed by atoms with Gasteiger partial charge in [0.05, 0.1) is 36.3 Å². The number of hydrogen-bond acceptors (Lipinski definition) is 6. The second-order valence-corrected chi connectivity index (χ2v) is 12.7. The maximum Gasteiger partial charge on any atom is 0.174 e. The van der Waals surface area contributed by atoms with E-state index in [0.29, 0.717) is 18.2 Å². The number of rotatable bonds is 15. The predicted molar refractivity (Wildman–Crippen MR) is 176 cm³/mol. The molecule has 4 rings (SSSR count). The average molecular weight is 595 g/mol. The highest BCUT2D eigenvalue weighted by atomic mass is 16.5. The van der Waals surface area contributed by atoms with Gasteiger partial charge in [-0.1, -0.05) is 86.7 Å². The summed E-state index contributed by atoms with van der Waals surface area (Å²) in [6.07, 6.45) is 11.7. The molecule has 3 atom stereocenters. The molecule has 1 fully saturated rings. The molecule has 0 radical (unpaired) electrons. The highest BCUT2D eigenvalue weighted by Gasteiger charge is 2.37. The Morgan fingerprint density at radius 3 is 2.27 bits per heavy atom. The van der Waals surface area contributed by atoms with Crippen LogP contribution < -0.4 is 5.73 Å². The van der Waals surface area contributed by atoms with Crippen LogP contribution in [0.1, 0.15) is 69.9 Å². The van der Waals surface area contributed by atoms with Crippen LogP contribution in [0.4, 0.5) is 0 Å². The lowest BCUT2D eigenvalue weighted by atomic mass is 9.72. The van der Waals surface area contributed by atoms with Gasteiger partial charge in [-0.2, -0.15) is 0 Å². The summed E-state index contributed by atoms with van der Waals surface area (Å²) < 4.78 is 5.91. The van der Waals surface area contributed by atoms with Crippen molar-refractivity contribution in [1.82, 2.24) is 0 Å². The van der Waals surface area contributed by atoms with Crippen molar-refractivity contribution in [1.29, 1.82) is 0 Å². The molecule has 0 spiro atoms. The van der Waals surface area contributed by atoms with Gasteiger partial charge in [0, 0.05) is 23.6 Å². The molecule has 2 N–H and O–H groups in total. The number of allylic oxidation sites excluding steroid dienone is 2. The van der Waals surface area contributed by atoms with Gasteiger partial charge >= 0.3 is 0 Å². The van der Waals surface area contributed by atoms with Gasteiger partial charge in [0.1, 0.15) is 5.78 Å². The maximum atomic E-state index is 14.0. The van der Waals surface area contributed by atoms with E-state index in [0.717, 1.165) is 43.2 Å². The van der Waals surface area contributed by atoms with Crippen molar-refractivity contribution in [3.63, 3.8) is 0 Å². The standard InChI is InChI=1S/C38H46N2O4/c1-5-27-16-18-30(19-17-27)37(43)35(29-14-10-7-11-15-29)32-22-33(40-23-32)26(2)36(42)31(20-21-34(41)38(3,4)39)25-44-24-28-12-8-6-9-13-28/h6-15,20-23,27,30-32,35H,2,5,16-19,24-25,39H2,1,3-4H3/b21-20+. The molecule has 1 aliphatic carbocycles. The van der Waals surface area contributed by atoms with Crippen LogP contribution in [0.5, 0.6) is 0 Å². The summed E-state index contributed by atoms with van der Waals surface area (Å²) >= 11 is 0. The molecule has 3 unspecified atom stereocenters. The van der Waals surface area contributed by atoms with Crippen LogP contribution in [0.3, 0.4) is 0 Å². The number of nitrogens with two attached hydrogens (primary N) is 1. The van der Waals surface area contributed by atoms with E-state index in [-0.39, 0.29) is 47.3 Å². The van der Waals surface area contributed by atoms with Crippen molar-refractivity contribution in [2.24, 2.45) is 34.4 Å². The smallest absolute Gasteiger partial charge is 0.174 e. The molecular formula is C38H46N2O4. The average Bonchev–Trinajstić information content (AvgIpc) is 3.52. The highest BCUT2D eigenvalue weighted by molar-refractivity contribution is 6.04. The van der Waals surface area contributed by atoms with E-state index in [2.05, 4.69) is 18.5 Å². The molecule has 0 saturated heterocycles. The number of ketones is 3. The lowest BCUT2D eigenvalue weighted by Gasteiger charge is -2.31. The van der Waals surface area contributed by atoms with Crippen LogP contribution in [0.15, 0.2) is 102 Å². The molecule has 0 aromatic heterocycles. The fourth-order valence-electron chi connectivity index (χ4n) is 6.01. The summed E-state index contributed by atoms with van der Waals surface area (Å²) in [5.41, 5.74) is 7.52. The summed E-state index contributed by atoms with van der Waals surface area (Å²) in [7, 11) is 0. The minimum Gasteiger partial charge on any atom is -0.376 e. The normalized spacial score (nSPS) is 21.5. The van der Waals surface area contributed by atoms with Crippen LogP contribution >= 0.6 is 0 Å². The Balaban J connectivity index is 1.52. The van der Waals surface area contributed by atoms with Crippen molar-refractivity contribution in [2.45, 2.75) is 70.9 Å². The Labute approximate surface area is 262 Å². The molecule has 6 nitrogen and oxygen atoms in total. The quantitative estimate of drug-likeness (QED) is 0.225. The second-order valence-electron chi connectivity index (χ2n) is 12.7. The molecule has 1 saturated carbocycles. The maximum absolute atomic E-state index is 14.0. The molecule has 2 aromatic rings. The number of ether oxygens (including phenoxy) is 1. The SMILES string of the molecule is C=C(C(=O)C(/C=C/C(=O)C(C)(C)N)COCc1ccccc1)C1=CC(C(C(=O)C2CCC(CC)CC2)c2ccccc2)C=N1. The highest BCUT2D eigenvalue weighted by Crippen LogP contribution is 2.39. The zero-order valence-corrected chi connectivity index (χ0v) is 26.3. The summed E-state index contributed by atoms with van der Waals surface area (Å²) in [4.78, 5) is 44.9. The second kappa shape index (κ2) is 15.3. The number of benzene rings is 2. The lowest BCUT2D eigenvalue weighted by Crippen LogP contribution is -2.40. The zero-order chi connectivity index (χ0) is 31.7. The van der Waals surface area contributed by atoms with E-state index in [4.69, 9.17) is 10.5 Å². The van der Waals surface area contributed by atoms with Gasteiger partial charge in [-0.25, -0.2) is 0 Å². The van der Waals surface area contributed by atoms with Crippen molar-refractivity contribution in [3.8, 4) is 0 Å². The third-order valence-electron chi connectivity index (χ3n) is 8.88. The lowest BCUT2D eigenvalue weighted by molar-refractivity contribution is -0.126. The van der Waals surface area contributed by atoms with Gasteiger partial charge in [-0.05, 0) is 68.7 Å². The Hall–Kier alpha value is -3.74. The first-order chi connectivity index (χ1) is 21.1. The predicted octanol–water partition coefficient (Wildman–Crippen LogP) is 6.96. The van der Waals surface area contributed by atoms with E-state index < -0.39 is 11.5 Å². The van der Waals surface area contributed by atoms with Crippen LogP contribution in [-0.2, 0) is 25.7 Å². The Bertz CT molecular complexity index is 1390. The molecule has 232 valence electrons. The largest absolute Gasteiger partial charge is 0.376 e. The number of carbonyl (C=O) groups is 3. The van der Waals surface area contributed by atoms with Gasteiger partial charge in [0.2, 0.25) is 0 Å². The summed E-state index contributed by atoms with van der Waals surface area (Å²) in [6.45, 7) is 9.96. The Morgan fingerprint density at radius 2 is 1.66 bits per heavy atom. The number of Topliss-reactive ketones (excluding diaryl/α,β-unsaturated/α-hetero) is 2. The van der Waals surface area contributed by atoms with Gasteiger partial charge in [-0.3, -0.25) is 19.4 Å². The first-order valence-corrected chi connectivity index (χ1v) is 15.8. The molecular weight excluding hydrogens is 548 g/mol. The van der Waals surface area contributed by atoms with E-state index >= 15 is 0 Å². The van der Waals surface area contributed by atoms with E-state index in [1.54, 1.807) is 26.1 Å². The summed E-state index contributed by atoms with van der Waals surface area (Å²) in [5.74, 6) is -1.02. The van der Waals surface area contributed by atoms with Crippen LogP contribution in [-0.4, -0.2) is 35.7 Å². The fourth-order valence-corrected chi connectivity index (χ4v) is 6.01. The Morgan fingerprint density at radius 1 is 1.02 bits per heavy atom. The molecule has 0 bridgehead atoms. The number of carbonyl (C=O) groups excluding carboxylic acids is 3. The Kier molecular flexibility index (Phi) is 11.5. The third-order valence-corrected chi connectivity index (χ3v) is 8.88. The van der Waals surface area contributed by atoms with Gasteiger partial charge in [-0.15, -0.1) is 0 Å². The van der Waals surface area contributed by atoms with Crippen molar-refractivity contribution in [2.75, 3.05) is 6.61 Å². The first-order valence-electron chi connectivity index (χ1n) is 15.8. The van der Waals surface area contributed by atoms with E-state index in [1.165, 1.54) is 6.08 Å². The minimum absolute atomic E-state index is 0.0271. The minimum atomic E-state index is -1.06. The number of nitrogens with zero attached hydrogens (tertiary/aromatic N) is 1. The molecule has 6 heteroatoms. The summed E-state index contributed by atoms with van der Waals surface area (Å²) in [5, 5.41) is 0. The first kappa shape index (κ1) is 33.2. The molecule has 1 heterocycles. The van der Waals surface area contributed by atoms with Crippen LogP contribution in [0.25, 0.3) is 0 Å². The molecule has 2 aromatic carbocycles. The molecule has 44 heavy (non-hydrogen) atoms. The monoisotopic (exact) mass is 594 g/mol.